The van der Waals surface area contributed by atoms with E-state index in [1.807, 2.05) is 6.92 Å². The van der Waals surface area contributed by atoms with Crippen molar-refractivity contribution in [1.82, 2.24) is 0 Å². The van der Waals surface area contributed by atoms with Crippen LogP contribution in [-0.2, 0) is 11.2 Å². The van der Waals surface area contributed by atoms with Gasteiger partial charge in [-0.15, -0.1) is 0 Å². The largest absolute Gasteiger partial charge is 0.383 e. The molecule has 0 heterocycles. The van der Waals surface area contributed by atoms with E-state index in [9.17, 15) is 0 Å². The van der Waals surface area contributed by atoms with Crippen molar-refractivity contribution in [1.29, 1.82) is 0 Å². The summed E-state index contributed by atoms with van der Waals surface area (Å²) < 4.78 is 5.14. The zero-order chi connectivity index (χ0) is 13.5. The minimum Gasteiger partial charge on any atom is -0.383 e. The number of hydrogen-bond acceptors (Lipinski definition) is 3. The summed E-state index contributed by atoms with van der Waals surface area (Å²) in [6.45, 7) is 9.06. The van der Waals surface area contributed by atoms with Crippen LogP contribution >= 0.6 is 0 Å². The minimum atomic E-state index is 0.213. The van der Waals surface area contributed by atoms with Crippen molar-refractivity contribution in [3.63, 3.8) is 0 Å². The number of rotatable bonds is 7. The second-order valence-electron chi connectivity index (χ2n) is 4.86. The van der Waals surface area contributed by atoms with Gasteiger partial charge < -0.3 is 15.4 Å². The van der Waals surface area contributed by atoms with Crippen molar-refractivity contribution in [2.45, 2.75) is 33.2 Å². The van der Waals surface area contributed by atoms with E-state index in [1.54, 1.807) is 7.11 Å². The van der Waals surface area contributed by atoms with E-state index in [1.165, 1.54) is 16.8 Å². The normalized spacial score (nSPS) is 12.5. The molecule has 0 saturated heterocycles. The molecule has 0 aliphatic carbocycles. The number of ether oxygens (including phenoxy) is 1. The average molecular weight is 250 g/mol. The molecule has 2 N–H and O–H groups in total. The second-order valence-corrected chi connectivity index (χ2v) is 4.86. The molecule has 0 aliphatic rings. The van der Waals surface area contributed by atoms with Crippen molar-refractivity contribution in [3.8, 4) is 0 Å². The molecular formula is C15H26N2O. The minimum absolute atomic E-state index is 0.213. The molecule has 0 fully saturated rings. The molecule has 3 nitrogen and oxygen atoms in total. The standard InChI is InChI=1S/C15H26N2O/c1-5-17(8-9-18-4)15-7-6-14(11-13(3)16)12(2)10-15/h6-7,10,13H,5,8-9,11,16H2,1-4H3. The van der Waals surface area contributed by atoms with Gasteiger partial charge in [-0.2, -0.15) is 0 Å². The molecule has 1 atom stereocenters. The van der Waals surface area contributed by atoms with Gasteiger partial charge in [0, 0.05) is 31.9 Å². The summed E-state index contributed by atoms with van der Waals surface area (Å²) >= 11 is 0. The average Bonchev–Trinajstić information content (AvgIpc) is 2.33. The van der Waals surface area contributed by atoms with Crippen molar-refractivity contribution < 1.29 is 4.74 Å². The van der Waals surface area contributed by atoms with Gasteiger partial charge in [-0.25, -0.2) is 0 Å². The monoisotopic (exact) mass is 250 g/mol. The summed E-state index contributed by atoms with van der Waals surface area (Å²) in [5.41, 5.74) is 9.78. The van der Waals surface area contributed by atoms with Crippen LogP contribution in [0.3, 0.4) is 0 Å². The van der Waals surface area contributed by atoms with Crippen molar-refractivity contribution >= 4 is 5.69 Å². The molecule has 3 heteroatoms. The second kappa shape index (κ2) is 7.39. The number of aryl methyl sites for hydroxylation is 1. The molecule has 0 saturated carbocycles. The Labute approximate surface area is 111 Å². The maximum Gasteiger partial charge on any atom is 0.0637 e. The van der Waals surface area contributed by atoms with Crippen LogP contribution in [0.5, 0.6) is 0 Å². The lowest BCUT2D eigenvalue weighted by atomic mass is 10.0. The van der Waals surface area contributed by atoms with Gasteiger partial charge in [0.05, 0.1) is 6.61 Å². The highest BCUT2D eigenvalue weighted by molar-refractivity contribution is 5.51. The third-order valence-electron chi connectivity index (χ3n) is 3.18. The van der Waals surface area contributed by atoms with E-state index in [4.69, 9.17) is 10.5 Å². The molecule has 1 unspecified atom stereocenters. The third kappa shape index (κ3) is 4.31. The van der Waals surface area contributed by atoms with Crippen LogP contribution in [0.4, 0.5) is 5.69 Å². The number of methoxy groups -OCH3 is 1. The summed E-state index contributed by atoms with van der Waals surface area (Å²) in [5, 5.41) is 0. The van der Waals surface area contributed by atoms with Gasteiger partial charge in [-0.1, -0.05) is 6.07 Å². The van der Waals surface area contributed by atoms with Gasteiger partial charge in [0.2, 0.25) is 0 Å². The highest BCUT2D eigenvalue weighted by Crippen LogP contribution is 2.20. The predicted molar refractivity (Wildman–Crippen MR) is 78.3 cm³/mol. The van der Waals surface area contributed by atoms with Gasteiger partial charge in [0.25, 0.3) is 0 Å². The summed E-state index contributed by atoms with van der Waals surface area (Å²) in [6, 6.07) is 6.84. The molecule has 1 rings (SSSR count). The summed E-state index contributed by atoms with van der Waals surface area (Å²) in [5.74, 6) is 0. The van der Waals surface area contributed by atoms with Crippen molar-refractivity contribution in [2.75, 3.05) is 31.7 Å². The summed E-state index contributed by atoms with van der Waals surface area (Å²) in [7, 11) is 1.74. The molecule has 102 valence electrons. The quantitative estimate of drug-likeness (QED) is 0.807. The van der Waals surface area contributed by atoms with Gasteiger partial charge in [-0.3, -0.25) is 0 Å². The fraction of sp³-hybridized carbons (Fsp3) is 0.600. The molecule has 0 aromatic heterocycles. The molecule has 0 aliphatic heterocycles. The Hall–Kier alpha value is -1.06. The first-order valence-corrected chi connectivity index (χ1v) is 6.67. The van der Waals surface area contributed by atoms with Gasteiger partial charge in [-0.05, 0) is 50.5 Å². The molecule has 0 bridgehead atoms. The topological polar surface area (TPSA) is 38.5 Å². The Morgan fingerprint density at radius 3 is 2.61 bits per heavy atom. The molecular weight excluding hydrogens is 224 g/mol. The number of anilines is 1. The van der Waals surface area contributed by atoms with Crippen LogP contribution in [0.15, 0.2) is 18.2 Å². The maximum atomic E-state index is 5.86. The van der Waals surface area contributed by atoms with Crippen LogP contribution in [0.25, 0.3) is 0 Å². The molecule has 0 radical (unpaired) electrons. The van der Waals surface area contributed by atoms with E-state index in [-0.39, 0.29) is 6.04 Å². The smallest absolute Gasteiger partial charge is 0.0637 e. The Kier molecular flexibility index (Phi) is 6.16. The summed E-state index contributed by atoms with van der Waals surface area (Å²) in [4.78, 5) is 2.33. The highest BCUT2D eigenvalue weighted by atomic mass is 16.5. The Morgan fingerprint density at radius 1 is 1.39 bits per heavy atom. The first-order valence-electron chi connectivity index (χ1n) is 6.67. The van der Waals surface area contributed by atoms with Crippen LogP contribution in [0.1, 0.15) is 25.0 Å². The van der Waals surface area contributed by atoms with Crippen molar-refractivity contribution in [3.05, 3.63) is 29.3 Å². The fourth-order valence-electron chi connectivity index (χ4n) is 2.12. The lowest BCUT2D eigenvalue weighted by Crippen LogP contribution is -2.27. The predicted octanol–water partition coefficient (Wildman–Crippen LogP) is 2.36. The van der Waals surface area contributed by atoms with E-state index >= 15 is 0 Å². The summed E-state index contributed by atoms with van der Waals surface area (Å²) in [6.07, 6.45) is 0.941. The number of benzene rings is 1. The van der Waals surface area contributed by atoms with Gasteiger partial charge in [0.1, 0.15) is 0 Å². The molecule has 18 heavy (non-hydrogen) atoms. The van der Waals surface area contributed by atoms with E-state index in [2.05, 4.69) is 36.9 Å². The molecule has 0 spiro atoms. The number of nitrogens with two attached hydrogens (primary N) is 1. The van der Waals surface area contributed by atoms with Gasteiger partial charge >= 0.3 is 0 Å². The number of likely N-dealkylation sites (N-methyl/N-ethyl adjacent to an activating group) is 1. The van der Waals surface area contributed by atoms with Gasteiger partial charge in [0.15, 0.2) is 0 Å². The Morgan fingerprint density at radius 2 is 2.11 bits per heavy atom. The molecule has 1 aromatic rings. The van der Waals surface area contributed by atoms with E-state index < -0.39 is 0 Å². The van der Waals surface area contributed by atoms with Crippen LogP contribution in [0, 0.1) is 6.92 Å². The SMILES string of the molecule is CCN(CCOC)c1ccc(CC(C)N)c(C)c1. The zero-order valence-electron chi connectivity index (χ0n) is 12.1. The first kappa shape index (κ1) is 15.0. The number of hydrogen-bond donors (Lipinski definition) is 1. The first-order chi connectivity index (χ1) is 8.58. The zero-order valence-corrected chi connectivity index (χ0v) is 12.1. The lowest BCUT2D eigenvalue weighted by molar-refractivity contribution is 0.205. The lowest BCUT2D eigenvalue weighted by Gasteiger charge is -2.24. The van der Waals surface area contributed by atoms with Crippen LogP contribution in [0.2, 0.25) is 0 Å². The Bertz CT molecular complexity index is 364. The van der Waals surface area contributed by atoms with E-state index in [0.717, 1.165) is 26.1 Å². The maximum absolute atomic E-state index is 5.86. The van der Waals surface area contributed by atoms with Crippen molar-refractivity contribution in [2.24, 2.45) is 5.73 Å². The fourth-order valence-corrected chi connectivity index (χ4v) is 2.12. The molecule has 1 aromatic carbocycles. The van der Waals surface area contributed by atoms with E-state index in [0.29, 0.717) is 0 Å². The number of nitrogens with zero attached hydrogens (tertiary/aromatic N) is 1. The van der Waals surface area contributed by atoms with Crippen LogP contribution in [-0.4, -0.2) is 32.8 Å². The molecule has 0 amide bonds. The highest BCUT2D eigenvalue weighted by Gasteiger charge is 2.07. The Balaban J connectivity index is 2.81. The third-order valence-corrected chi connectivity index (χ3v) is 3.18. The van der Waals surface area contributed by atoms with Crippen LogP contribution < -0.4 is 10.6 Å².